The SMILES string of the molecule is CC(=O)C1=C(C)NC(=S)N[C@@H]1c1ccccc1OC1CCCC1. The van der Waals surface area contributed by atoms with Crippen LogP contribution in [0.1, 0.15) is 51.1 Å². The molecule has 2 N–H and O–H groups in total. The minimum absolute atomic E-state index is 0.0330. The van der Waals surface area contributed by atoms with Gasteiger partial charge in [-0.3, -0.25) is 4.79 Å². The van der Waals surface area contributed by atoms with E-state index in [0.29, 0.717) is 10.7 Å². The van der Waals surface area contributed by atoms with Gasteiger partial charge in [0.25, 0.3) is 0 Å². The molecule has 1 aromatic carbocycles. The van der Waals surface area contributed by atoms with E-state index in [0.717, 1.165) is 29.9 Å². The fraction of sp³-hybridized carbons (Fsp3) is 0.444. The lowest BCUT2D eigenvalue weighted by molar-refractivity contribution is -0.114. The zero-order valence-electron chi connectivity index (χ0n) is 13.5. The number of hydrogen-bond acceptors (Lipinski definition) is 3. The van der Waals surface area contributed by atoms with Crippen LogP contribution in [0.15, 0.2) is 35.5 Å². The maximum atomic E-state index is 12.1. The third-order valence-electron chi connectivity index (χ3n) is 4.47. The second-order valence-electron chi connectivity index (χ2n) is 6.19. The highest BCUT2D eigenvalue weighted by molar-refractivity contribution is 7.80. The van der Waals surface area contributed by atoms with E-state index >= 15 is 0 Å². The maximum absolute atomic E-state index is 12.1. The Morgan fingerprint density at radius 2 is 1.96 bits per heavy atom. The van der Waals surface area contributed by atoms with Gasteiger partial charge in [-0.2, -0.15) is 0 Å². The molecule has 0 bridgehead atoms. The van der Waals surface area contributed by atoms with Crippen LogP contribution in [0.4, 0.5) is 0 Å². The zero-order valence-corrected chi connectivity index (χ0v) is 14.3. The van der Waals surface area contributed by atoms with Crippen molar-refractivity contribution in [1.82, 2.24) is 10.6 Å². The number of rotatable bonds is 4. The first-order valence-electron chi connectivity index (χ1n) is 8.11. The highest BCUT2D eigenvalue weighted by Gasteiger charge is 2.30. The molecule has 0 radical (unpaired) electrons. The van der Waals surface area contributed by atoms with E-state index in [1.54, 1.807) is 6.92 Å². The van der Waals surface area contributed by atoms with Crippen LogP contribution < -0.4 is 15.4 Å². The molecule has 0 amide bonds. The van der Waals surface area contributed by atoms with Gasteiger partial charge in [-0.05, 0) is 57.8 Å². The number of benzene rings is 1. The van der Waals surface area contributed by atoms with Crippen LogP contribution in [0.3, 0.4) is 0 Å². The summed E-state index contributed by atoms with van der Waals surface area (Å²) in [5.41, 5.74) is 2.48. The third kappa shape index (κ3) is 3.39. The van der Waals surface area contributed by atoms with Gasteiger partial charge in [-0.25, -0.2) is 0 Å². The molecule has 1 fully saturated rings. The number of para-hydroxylation sites is 1. The van der Waals surface area contributed by atoms with Crippen LogP contribution in [-0.4, -0.2) is 17.0 Å². The first kappa shape index (κ1) is 16.0. The number of Topliss-reactive ketones (excluding diaryl/α,β-unsaturated/α-hetero) is 1. The van der Waals surface area contributed by atoms with Crippen LogP contribution in [0, 0.1) is 0 Å². The summed E-state index contributed by atoms with van der Waals surface area (Å²) < 4.78 is 6.22. The fourth-order valence-electron chi connectivity index (χ4n) is 3.41. The Morgan fingerprint density at radius 3 is 2.65 bits per heavy atom. The molecule has 3 rings (SSSR count). The van der Waals surface area contributed by atoms with Gasteiger partial charge in [0.05, 0.1) is 12.1 Å². The second-order valence-corrected chi connectivity index (χ2v) is 6.60. The minimum Gasteiger partial charge on any atom is -0.490 e. The average molecular weight is 330 g/mol. The third-order valence-corrected chi connectivity index (χ3v) is 4.69. The first-order valence-corrected chi connectivity index (χ1v) is 8.52. The number of allylic oxidation sites excluding steroid dienone is 1. The van der Waals surface area contributed by atoms with E-state index in [1.807, 2.05) is 31.2 Å². The summed E-state index contributed by atoms with van der Waals surface area (Å²) in [6, 6.07) is 7.66. The molecule has 1 heterocycles. The van der Waals surface area contributed by atoms with Crippen molar-refractivity contribution in [3.05, 3.63) is 41.1 Å². The normalized spacial score (nSPS) is 21.8. The van der Waals surface area contributed by atoms with Crippen LogP contribution in [-0.2, 0) is 4.79 Å². The highest BCUT2D eigenvalue weighted by atomic mass is 32.1. The van der Waals surface area contributed by atoms with Gasteiger partial charge < -0.3 is 15.4 Å². The monoisotopic (exact) mass is 330 g/mol. The predicted molar refractivity (Wildman–Crippen MR) is 94.3 cm³/mol. The zero-order chi connectivity index (χ0) is 16.4. The molecule has 0 saturated heterocycles. The molecule has 0 spiro atoms. The lowest BCUT2D eigenvalue weighted by atomic mass is 9.92. The van der Waals surface area contributed by atoms with E-state index in [4.69, 9.17) is 17.0 Å². The van der Waals surface area contributed by atoms with Crippen LogP contribution in [0.2, 0.25) is 0 Å². The average Bonchev–Trinajstić information content (AvgIpc) is 2.99. The van der Waals surface area contributed by atoms with Gasteiger partial charge in [0.15, 0.2) is 10.9 Å². The first-order chi connectivity index (χ1) is 11.1. The van der Waals surface area contributed by atoms with E-state index in [-0.39, 0.29) is 17.9 Å². The van der Waals surface area contributed by atoms with Gasteiger partial charge in [-0.1, -0.05) is 18.2 Å². The smallest absolute Gasteiger partial charge is 0.171 e. The van der Waals surface area contributed by atoms with Crippen molar-refractivity contribution in [2.45, 2.75) is 51.7 Å². The van der Waals surface area contributed by atoms with Crippen molar-refractivity contribution in [3.8, 4) is 5.75 Å². The molecule has 4 nitrogen and oxygen atoms in total. The Balaban J connectivity index is 1.97. The van der Waals surface area contributed by atoms with Crippen LogP contribution >= 0.6 is 12.2 Å². The maximum Gasteiger partial charge on any atom is 0.171 e. The van der Waals surface area contributed by atoms with Gasteiger partial charge in [0, 0.05) is 16.8 Å². The van der Waals surface area contributed by atoms with Gasteiger partial charge in [0.1, 0.15) is 5.75 Å². The molecule has 1 atom stereocenters. The van der Waals surface area contributed by atoms with Crippen molar-refractivity contribution < 1.29 is 9.53 Å². The van der Waals surface area contributed by atoms with Crippen molar-refractivity contribution in [2.24, 2.45) is 0 Å². The number of carbonyl (C=O) groups excluding carboxylic acids is 1. The summed E-state index contributed by atoms with van der Waals surface area (Å²) in [4.78, 5) is 12.1. The lowest BCUT2D eigenvalue weighted by Crippen LogP contribution is -2.44. The Kier molecular flexibility index (Phi) is 4.66. The molecule has 1 aromatic rings. The van der Waals surface area contributed by atoms with E-state index in [9.17, 15) is 4.79 Å². The molecule has 1 aliphatic heterocycles. The topological polar surface area (TPSA) is 50.4 Å². The number of ketones is 1. The number of thiocarbonyl (C=S) groups is 1. The summed E-state index contributed by atoms with van der Waals surface area (Å²) in [5.74, 6) is 0.874. The Morgan fingerprint density at radius 1 is 1.26 bits per heavy atom. The predicted octanol–water partition coefficient (Wildman–Crippen LogP) is 3.39. The fourth-order valence-corrected chi connectivity index (χ4v) is 3.68. The van der Waals surface area contributed by atoms with Crippen LogP contribution in [0.5, 0.6) is 5.75 Å². The molecular weight excluding hydrogens is 308 g/mol. The van der Waals surface area contributed by atoms with Crippen LogP contribution in [0.25, 0.3) is 0 Å². The summed E-state index contributed by atoms with van der Waals surface area (Å²) in [6.45, 7) is 3.47. The quantitative estimate of drug-likeness (QED) is 0.829. The van der Waals surface area contributed by atoms with E-state index in [2.05, 4.69) is 10.6 Å². The number of ether oxygens (including phenoxy) is 1. The summed E-state index contributed by atoms with van der Waals surface area (Å²) in [5, 5.41) is 6.80. The number of nitrogens with one attached hydrogen (secondary N) is 2. The van der Waals surface area contributed by atoms with Crippen molar-refractivity contribution in [3.63, 3.8) is 0 Å². The largest absolute Gasteiger partial charge is 0.490 e. The molecule has 2 aliphatic rings. The van der Waals surface area contributed by atoms with Crippen molar-refractivity contribution >= 4 is 23.1 Å². The molecule has 1 saturated carbocycles. The standard InChI is InChI=1S/C18H22N2O2S/c1-11-16(12(2)21)17(20-18(23)19-11)14-9-5-6-10-15(14)22-13-7-3-4-8-13/h5-6,9-10,13,17H,3-4,7-8H2,1-2H3,(H2,19,20,23)/t17-/m1/s1. The Hall–Kier alpha value is -1.88. The molecule has 1 aliphatic carbocycles. The minimum atomic E-state index is -0.265. The number of carbonyl (C=O) groups is 1. The highest BCUT2D eigenvalue weighted by Crippen LogP contribution is 2.35. The summed E-state index contributed by atoms with van der Waals surface area (Å²) in [6.07, 6.45) is 4.91. The van der Waals surface area contributed by atoms with E-state index in [1.165, 1.54) is 12.8 Å². The molecule has 122 valence electrons. The van der Waals surface area contributed by atoms with Gasteiger partial charge >= 0.3 is 0 Å². The molecule has 0 aromatic heterocycles. The number of hydrogen-bond donors (Lipinski definition) is 2. The molecule has 5 heteroatoms. The second kappa shape index (κ2) is 6.71. The molecular formula is C18H22N2O2S. The van der Waals surface area contributed by atoms with Gasteiger partial charge in [0.2, 0.25) is 0 Å². The van der Waals surface area contributed by atoms with Crippen molar-refractivity contribution in [2.75, 3.05) is 0 Å². The van der Waals surface area contributed by atoms with Crippen molar-refractivity contribution in [1.29, 1.82) is 0 Å². The summed E-state index contributed by atoms with van der Waals surface area (Å²) in [7, 11) is 0. The van der Waals surface area contributed by atoms with Gasteiger partial charge in [-0.15, -0.1) is 0 Å². The Bertz CT molecular complexity index is 663. The van der Waals surface area contributed by atoms with E-state index < -0.39 is 0 Å². The molecule has 0 unspecified atom stereocenters. The molecule has 23 heavy (non-hydrogen) atoms. The lowest BCUT2D eigenvalue weighted by Gasteiger charge is -2.31. The Labute approximate surface area is 142 Å². The summed E-state index contributed by atoms with van der Waals surface area (Å²) >= 11 is 5.28.